The average molecular weight is 271 g/mol. The Hall–Kier alpha value is -1.13. The number of halogens is 2. The summed E-state index contributed by atoms with van der Waals surface area (Å²) in [6, 6.07) is 4.03. The lowest BCUT2D eigenvalue weighted by Gasteiger charge is -2.17. The molecule has 1 aromatic rings. The van der Waals surface area contributed by atoms with Gasteiger partial charge in [0.15, 0.2) is 0 Å². The highest BCUT2D eigenvalue weighted by molar-refractivity contribution is 6.31. The minimum atomic E-state index is -0.421. The smallest absolute Gasteiger partial charge is 0.244 e. The van der Waals surface area contributed by atoms with E-state index in [2.05, 4.69) is 12.2 Å². The zero-order chi connectivity index (χ0) is 13.1. The Labute approximate surface area is 111 Å². The quantitative estimate of drug-likeness (QED) is 0.912. The molecule has 1 N–H and O–H groups in total. The summed E-state index contributed by atoms with van der Waals surface area (Å²) >= 11 is 5.80. The van der Waals surface area contributed by atoms with E-state index in [1.807, 2.05) is 0 Å². The highest BCUT2D eigenvalue weighted by Crippen LogP contribution is 2.25. The number of benzene rings is 1. The van der Waals surface area contributed by atoms with Gasteiger partial charge in [-0.15, -0.1) is 0 Å². The average Bonchev–Trinajstić information content (AvgIpc) is 2.67. The summed E-state index contributed by atoms with van der Waals surface area (Å²) in [5, 5.41) is 3.50. The molecule has 1 atom stereocenters. The van der Waals surface area contributed by atoms with E-state index in [9.17, 15) is 9.18 Å². The van der Waals surface area contributed by atoms with Crippen LogP contribution in [0.25, 0.3) is 0 Å². The van der Waals surface area contributed by atoms with Gasteiger partial charge in [-0.2, -0.15) is 0 Å². The molecule has 0 bridgehead atoms. The first kappa shape index (κ1) is 13.3. The van der Waals surface area contributed by atoms with E-state index in [4.69, 9.17) is 11.6 Å². The normalized spacial score (nSPS) is 19.6. The van der Waals surface area contributed by atoms with Crippen molar-refractivity contribution in [2.75, 3.05) is 18.0 Å². The van der Waals surface area contributed by atoms with Gasteiger partial charge in [0.2, 0.25) is 5.91 Å². The molecule has 3 nitrogen and oxygen atoms in total. The Morgan fingerprint density at radius 1 is 1.50 bits per heavy atom. The largest absolute Gasteiger partial charge is 0.311 e. The first-order valence-corrected chi connectivity index (χ1v) is 6.50. The van der Waals surface area contributed by atoms with Crippen molar-refractivity contribution in [2.45, 2.75) is 25.8 Å². The van der Waals surface area contributed by atoms with Gasteiger partial charge in [-0.3, -0.25) is 4.79 Å². The highest BCUT2D eigenvalue weighted by atomic mass is 35.5. The monoisotopic (exact) mass is 270 g/mol. The maximum atomic E-state index is 13.3. The number of carbonyl (C=O) groups is 1. The number of amides is 1. The molecule has 1 heterocycles. The molecule has 0 aromatic heterocycles. The molecule has 1 aliphatic rings. The summed E-state index contributed by atoms with van der Waals surface area (Å²) in [4.78, 5) is 13.7. The maximum absolute atomic E-state index is 13.3. The Kier molecular flexibility index (Phi) is 4.19. The number of anilines is 1. The number of hydrogen-bond donors (Lipinski definition) is 1. The lowest BCUT2D eigenvalue weighted by Crippen LogP contribution is -2.38. The molecular weight excluding hydrogens is 255 g/mol. The van der Waals surface area contributed by atoms with Crippen LogP contribution in [-0.4, -0.2) is 25.0 Å². The molecule has 2 rings (SSSR count). The van der Waals surface area contributed by atoms with Gasteiger partial charge in [-0.1, -0.05) is 18.5 Å². The van der Waals surface area contributed by atoms with Crippen molar-refractivity contribution < 1.29 is 9.18 Å². The molecule has 1 amide bonds. The van der Waals surface area contributed by atoms with Crippen LogP contribution in [0.1, 0.15) is 19.8 Å². The standard InChI is InChI=1S/C13H16ClFN2O/c1-2-4-16-12-3-5-17(13(12)18)11-7-9(14)6-10(15)8-11/h6-8,12,16H,2-5H2,1H3. The first-order valence-electron chi connectivity index (χ1n) is 6.12. The molecule has 1 unspecified atom stereocenters. The molecule has 1 fully saturated rings. The fraction of sp³-hybridized carbons (Fsp3) is 0.462. The van der Waals surface area contributed by atoms with E-state index in [0.29, 0.717) is 17.3 Å². The Morgan fingerprint density at radius 2 is 2.28 bits per heavy atom. The number of rotatable bonds is 4. The van der Waals surface area contributed by atoms with Crippen molar-refractivity contribution in [1.29, 1.82) is 0 Å². The van der Waals surface area contributed by atoms with Crippen molar-refractivity contribution in [2.24, 2.45) is 0 Å². The lowest BCUT2D eigenvalue weighted by atomic mass is 10.2. The minimum Gasteiger partial charge on any atom is -0.311 e. The van der Waals surface area contributed by atoms with Gasteiger partial charge in [0.05, 0.1) is 6.04 Å². The van der Waals surface area contributed by atoms with Gasteiger partial charge < -0.3 is 10.2 Å². The van der Waals surface area contributed by atoms with Crippen LogP contribution in [0.15, 0.2) is 18.2 Å². The van der Waals surface area contributed by atoms with Crippen molar-refractivity contribution in [3.05, 3.63) is 29.0 Å². The summed E-state index contributed by atoms with van der Waals surface area (Å²) in [5.41, 5.74) is 0.533. The molecule has 5 heteroatoms. The van der Waals surface area contributed by atoms with Crippen LogP contribution in [0, 0.1) is 5.82 Å². The van der Waals surface area contributed by atoms with Crippen LogP contribution >= 0.6 is 11.6 Å². The maximum Gasteiger partial charge on any atom is 0.244 e. The fourth-order valence-corrected chi connectivity index (χ4v) is 2.36. The van der Waals surface area contributed by atoms with E-state index >= 15 is 0 Å². The van der Waals surface area contributed by atoms with Gasteiger partial charge in [-0.25, -0.2) is 4.39 Å². The number of nitrogens with zero attached hydrogens (tertiary/aromatic N) is 1. The number of carbonyl (C=O) groups excluding carboxylic acids is 1. The number of nitrogens with one attached hydrogen (secondary N) is 1. The molecule has 0 radical (unpaired) electrons. The third-order valence-corrected chi connectivity index (χ3v) is 3.22. The molecule has 98 valence electrons. The second kappa shape index (κ2) is 5.67. The van der Waals surface area contributed by atoms with E-state index < -0.39 is 5.82 Å². The second-order valence-electron chi connectivity index (χ2n) is 4.41. The summed E-state index contributed by atoms with van der Waals surface area (Å²) in [6.45, 7) is 3.46. The Morgan fingerprint density at radius 3 is 2.94 bits per heavy atom. The molecule has 0 aliphatic carbocycles. The molecule has 1 saturated heterocycles. The molecule has 0 saturated carbocycles. The molecular formula is C13H16ClFN2O. The van der Waals surface area contributed by atoms with Gasteiger partial charge >= 0.3 is 0 Å². The predicted octanol–water partition coefficient (Wildman–Crippen LogP) is 2.58. The van der Waals surface area contributed by atoms with E-state index in [1.165, 1.54) is 12.1 Å². The summed E-state index contributed by atoms with van der Waals surface area (Å²) in [6.07, 6.45) is 1.72. The Balaban J connectivity index is 2.13. The van der Waals surface area contributed by atoms with E-state index in [0.717, 1.165) is 19.4 Å². The van der Waals surface area contributed by atoms with E-state index in [1.54, 1.807) is 11.0 Å². The van der Waals surface area contributed by atoms with Gasteiger partial charge in [0.1, 0.15) is 5.82 Å². The summed E-state index contributed by atoms with van der Waals surface area (Å²) < 4.78 is 13.3. The van der Waals surface area contributed by atoms with Gasteiger partial charge in [0, 0.05) is 17.3 Å². The topological polar surface area (TPSA) is 32.3 Å². The van der Waals surface area contributed by atoms with Crippen molar-refractivity contribution in [3.63, 3.8) is 0 Å². The van der Waals surface area contributed by atoms with Gasteiger partial charge in [-0.05, 0) is 37.6 Å². The first-order chi connectivity index (χ1) is 8.61. The number of hydrogen-bond acceptors (Lipinski definition) is 2. The molecule has 18 heavy (non-hydrogen) atoms. The van der Waals surface area contributed by atoms with E-state index in [-0.39, 0.29) is 11.9 Å². The summed E-state index contributed by atoms with van der Waals surface area (Å²) in [5.74, 6) is -0.430. The van der Waals surface area contributed by atoms with Crippen LogP contribution < -0.4 is 10.2 Å². The highest BCUT2D eigenvalue weighted by Gasteiger charge is 2.32. The minimum absolute atomic E-state index is 0.00915. The van der Waals surface area contributed by atoms with Crippen LogP contribution in [-0.2, 0) is 4.79 Å². The van der Waals surface area contributed by atoms with Crippen molar-refractivity contribution in [1.82, 2.24) is 5.32 Å². The van der Waals surface area contributed by atoms with Crippen LogP contribution in [0.2, 0.25) is 5.02 Å². The molecule has 0 spiro atoms. The fourth-order valence-electron chi connectivity index (χ4n) is 2.14. The summed E-state index contributed by atoms with van der Waals surface area (Å²) in [7, 11) is 0. The van der Waals surface area contributed by atoms with Crippen LogP contribution in [0.3, 0.4) is 0 Å². The van der Waals surface area contributed by atoms with Crippen LogP contribution in [0.5, 0.6) is 0 Å². The molecule has 1 aliphatic heterocycles. The van der Waals surface area contributed by atoms with Crippen molar-refractivity contribution in [3.8, 4) is 0 Å². The predicted molar refractivity (Wildman–Crippen MR) is 70.5 cm³/mol. The SMILES string of the molecule is CCCNC1CCN(c2cc(F)cc(Cl)c2)C1=O. The van der Waals surface area contributed by atoms with Crippen LogP contribution in [0.4, 0.5) is 10.1 Å². The van der Waals surface area contributed by atoms with Gasteiger partial charge in [0.25, 0.3) is 0 Å². The molecule has 1 aromatic carbocycles. The van der Waals surface area contributed by atoms with Crippen molar-refractivity contribution >= 4 is 23.2 Å². The zero-order valence-corrected chi connectivity index (χ0v) is 11.0. The lowest BCUT2D eigenvalue weighted by molar-refractivity contribution is -0.118. The Bertz CT molecular complexity index is 432. The zero-order valence-electron chi connectivity index (χ0n) is 10.2. The third kappa shape index (κ3) is 2.82. The second-order valence-corrected chi connectivity index (χ2v) is 4.85. The third-order valence-electron chi connectivity index (χ3n) is 3.01.